The number of fused-ring (bicyclic) bond motifs is 1. The van der Waals surface area contributed by atoms with Gasteiger partial charge in [0.1, 0.15) is 12.1 Å². The molecule has 0 aliphatic rings. The molecule has 0 aliphatic heterocycles. The van der Waals surface area contributed by atoms with E-state index in [1.165, 1.54) is 5.56 Å². The van der Waals surface area contributed by atoms with E-state index in [1.54, 1.807) is 18.7 Å². The van der Waals surface area contributed by atoms with Crippen LogP contribution in [0.25, 0.3) is 39.2 Å². The molecule has 0 amide bonds. The highest BCUT2D eigenvalue weighted by Crippen LogP contribution is 2.28. The quantitative estimate of drug-likeness (QED) is 0.280. The maximum absolute atomic E-state index is 9.97. The predicted molar refractivity (Wildman–Crippen MR) is 150 cm³/mol. The Bertz CT molecular complexity index is 1680. The van der Waals surface area contributed by atoms with Crippen molar-refractivity contribution >= 4 is 17.0 Å². The summed E-state index contributed by atoms with van der Waals surface area (Å²) in [5.74, 6) is 1.22. The van der Waals surface area contributed by atoms with Crippen LogP contribution in [-0.4, -0.2) is 36.2 Å². The number of benzene rings is 3. The van der Waals surface area contributed by atoms with Crippen molar-refractivity contribution in [2.24, 2.45) is 0 Å². The van der Waals surface area contributed by atoms with Crippen molar-refractivity contribution in [1.29, 1.82) is 0 Å². The minimum Gasteiger partial charge on any atom is -0.392 e. The Kier molecular flexibility index (Phi) is 6.57. The molecule has 0 unspecified atom stereocenters. The summed E-state index contributed by atoms with van der Waals surface area (Å²) >= 11 is 0. The van der Waals surface area contributed by atoms with Crippen LogP contribution in [0.5, 0.6) is 0 Å². The van der Waals surface area contributed by atoms with Gasteiger partial charge in [-0.2, -0.15) is 4.98 Å². The summed E-state index contributed by atoms with van der Waals surface area (Å²) in [4.78, 5) is 18.5. The zero-order valence-corrected chi connectivity index (χ0v) is 20.7. The van der Waals surface area contributed by atoms with Gasteiger partial charge in [-0.15, -0.1) is 0 Å². The van der Waals surface area contributed by atoms with Gasteiger partial charge in [0.05, 0.1) is 23.3 Å². The highest BCUT2D eigenvalue weighted by Gasteiger charge is 2.14. The summed E-state index contributed by atoms with van der Waals surface area (Å²) in [6, 6.07) is 30.2. The number of pyridine rings is 1. The average molecular weight is 499 g/mol. The number of hydrogen-bond donors (Lipinski definition) is 2. The zero-order chi connectivity index (χ0) is 25.7. The molecule has 6 rings (SSSR count). The van der Waals surface area contributed by atoms with Crippen LogP contribution in [0, 0.1) is 0 Å². The summed E-state index contributed by atoms with van der Waals surface area (Å²) in [7, 11) is 0. The van der Waals surface area contributed by atoms with Gasteiger partial charge in [-0.1, -0.05) is 60.7 Å². The molecule has 0 saturated carbocycles. The third kappa shape index (κ3) is 4.87. The van der Waals surface area contributed by atoms with Crippen LogP contribution in [0.15, 0.2) is 110 Å². The first-order valence-corrected chi connectivity index (χ1v) is 12.5. The second-order valence-corrected chi connectivity index (χ2v) is 8.97. The molecule has 0 saturated heterocycles. The standard InChI is InChI=1S/C31H26N6O/c38-20-25-8-4-5-9-26(25)28-19-30(36-31(35-28)33-17-12-22-6-2-1-3-7-22)37-21-34-27-11-10-24(18-29(27)37)23-13-15-32-16-14-23/h1-11,13-16,18-19,21,38H,12,17,20H2,(H,33,35,36). The highest BCUT2D eigenvalue weighted by atomic mass is 16.3. The number of nitrogens with one attached hydrogen (secondary N) is 1. The predicted octanol–water partition coefficient (Wildman–Crippen LogP) is 5.69. The maximum atomic E-state index is 9.97. The highest BCUT2D eigenvalue weighted by molar-refractivity contribution is 5.83. The van der Waals surface area contributed by atoms with E-state index < -0.39 is 0 Å². The van der Waals surface area contributed by atoms with E-state index in [1.807, 2.05) is 71.3 Å². The normalized spacial score (nSPS) is 11.1. The molecule has 3 heterocycles. The molecule has 7 heteroatoms. The van der Waals surface area contributed by atoms with Crippen molar-refractivity contribution in [1.82, 2.24) is 24.5 Å². The maximum Gasteiger partial charge on any atom is 0.225 e. The zero-order valence-electron chi connectivity index (χ0n) is 20.7. The fourth-order valence-electron chi connectivity index (χ4n) is 4.56. The third-order valence-corrected chi connectivity index (χ3v) is 6.52. The monoisotopic (exact) mass is 498 g/mol. The fourth-order valence-corrected chi connectivity index (χ4v) is 4.56. The Morgan fingerprint density at radius 1 is 0.789 bits per heavy atom. The lowest BCUT2D eigenvalue weighted by atomic mass is 10.0. The van der Waals surface area contributed by atoms with Crippen LogP contribution >= 0.6 is 0 Å². The van der Waals surface area contributed by atoms with Crippen molar-refractivity contribution in [3.8, 4) is 28.2 Å². The number of imidazole rings is 1. The number of hydrogen-bond acceptors (Lipinski definition) is 6. The second-order valence-electron chi connectivity index (χ2n) is 8.97. The van der Waals surface area contributed by atoms with Crippen LogP contribution in [0.1, 0.15) is 11.1 Å². The first kappa shape index (κ1) is 23.5. The first-order chi connectivity index (χ1) is 18.8. The van der Waals surface area contributed by atoms with Gasteiger partial charge < -0.3 is 10.4 Å². The topological polar surface area (TPSA) is 88.8 Å². The SMILES string of the molecule is OCc1ccccc1-c1cc(-n2cnc3ccc(-c4ccncc4)cc32)nc(NCCc2ccccc2)n1. The molecule has 0 bridgehead atoms. The Labute approximate surface area is 220 Å². The van der Waals surface area contributed by atoms with E-state index in [4.69, 9.17) is 9.97 Å². The number of rotatable bonds is 8. The number of anilines is 1. The van der Waals surface area contributed by atoms with Crippen LogP contribution in [0.2, 0.25) is 0 Å². The Hall–Kier alpha value is -4.88. The molecule has 0 radical (unpaired) electrons. The summed E-state index contributed by atoms with van der Waals surface area (Å²) in [5, 5.41) is 13.4. The molecule has 0 fully saturated rings. The van der Waals surface area contributed by atoms with E-state index >= 15 is 0 Å². The van der Waals surface area contributed by atoms with Gasteiger partial charge in [0.15, 0.2) is 0 Å². The van der Waals surface area contributed by atoms with Gasteiger partial charge in [0.2, 0.25) is 5.95 Å². The van der Waals surface area contributed by atoms with E-state index in [2.05, 4.69) is 39.6 Å². The summed E-state index contributed by atoms with van der Waals surface area (Å²) < 4.78 is 1.98. The lowest BCUT2D eigenvalue weighted by molar-refractivity contribution is 0.282. The van der Waals surface area contributed by atoms with Crippen LogP contribution in [-0.2, 0) is 13.0 Å². The molecule has 0 atom stereocenters. The number of aliphatic hydroxyl groups excluding tert-OH is 1. The van der Waals surface area contributed by atoms with Gasteiger partial charge in [-0.05, 0) is 52.9 Å². The fraction of sp³-hybridized carbons (Fsp3) is 0.0968. The molecule has 2 N–H and O–H groups in total. The molecule has 38 heavy (non-hydrogen) atoms. The molecule has 7 nitrogen and oxygen atoms in total. The van der Waals surface area contributed by atoms with Gasteiger partial charge in [-0.25, -0.2) is 9.97 Å². The van der Waals surface area contributed by atoms with E-state index in [0.717, 1.165) is 45.4 Å². The molecule has 3 aromatic carbocycles. The molecule has 0 aliphatic carbocycles. The van der Waals surface area contributed by atoms with Crippen LogP contribution in [0.3, 0.4) is 0 Å². The van der Waals surface area contributed by atoms with Crippen LogP contribution in [0.4, 0.5) is 5.95 Å². The van der Waals surface area contributed by atoms with Crippen molar-refractivity contribution in [2.45, 2.75) is 13.0 Å². The Balaban J connectivity index is 1.42. The minimum absolute atomic E-state index is 0.0738. The molecular weight excluding hydrogens is 472 g/mol. The Morgan fingerprint density at radius 3 is 2.45 bits per heavy atom. The van der Waals surface area contributed by atoms with Gasteiger partial charge in [-0.3, -0.25) is 9.55 Å². The minimum atomic E-state index is -0.0738. The lowest BCUT2D eigenvalue weighted by Crippen LogP contribution is -2.10. The summed E-state index contributed by atoms with van der Waals surface area (Å²) in [6.07, 6.45) is 6.22. The average Bonchev–Trinajstić information content (AvgIpc) is 3.41. The van der Waals surface area contributed by atoms with Gasteiger partial charge in [0, 0.05) is 30.6 Å². The molecule has 186 valence electrons. The van der Waals surface area contributed by atoms with Gasteiger partial charge in [0.25, 0.3) is 0 Å². The van der Waals surface area contributed by atoms with Crippen molar-refractivity contribution in [2.75, 3.05) is 11.9 Å². The number of nitrogens with zero attached hydrogens (tertiary/aromatic N) is 5. The largest absolute Gasteiger partial charge is 0.392 e. The van der Waals surface area contributed by atoms with Crippen LogP contribution < -0.4 is 5.32 Å². The van der Waals surface area contributed by atoms with Crippen molar-refractivity contribution < 1.29 is 5.11 Å². The lowest BCUT2D eigenvalue weighted by Gasteiger charge is -2.13. The Morgan fingerprint density at radius 2 is 1.61 bits per heavy atom. The van der Waals surface area contributed by atoms with Crippen molar-refractivity contribution in [3.05, 3.63) is 121 Å². The molecular formula is C31H26N6O. The summed E-state index contributed by atoms with van der Waals surface area (Å²) in [5.41, 5.74) is 7.61. The smallest absolute Gasteiger partial charge is 0.225 e. The molecule has 6 aromatic rings. The molecule has 3 aromatic heterocycles. The van der Waals surface area contributed by atoms with Gasteiger partial charge >= 0.3 is 0 Å². The second kappa shape index (κ2) is 10.6. The number of aromatic nitrogens is 5. The third-order valence-electron chi connectivity index (χ3n) is 6.52. The molecule has 0 spiro atoms. The van der Waals surface area contributed by atoms with Crippen molar-refractivity contribution in [3.63, 3.8) is 0 Å². The summed E-state index contributed by atoms with van der Waals surface area (Å²) in [6.45, 7) is 0.612. The van der Waals surface area contributed by atoms with E-state index in [9.17, 15) is 5.11 Å². The first-order valence-electron chi connectivity index (χ1n) is 12.5. The van der Waals surface area contributed by atoms with E-state index in [0.29, 0.717) is 18.3 Å². The number of aliphatic hydroxyl groups is 1. The van der Waals surface area contributed by atoms with E-state index in [-0.39, 0.29) is 6.61 Å².